The number of hydrogen-bond donors (Lipinski definition) is 1. The Hall–Kier alpha value is -1.31. The van der Waals surface area contributed by atoms with E-state index >= 15 is 0 Å². The van der Waals surface area contributed by atoms with E-state index in [4.69, 9.17) is 9.68 Å². The molecule has 1 aromatic rings. The van der Waals surface area contributed by atoms with Crippen molar-refractivity contribution >= 4 is 0 Å². The van der Waals surface area contributed by atoms with E-state index in [9.17, 15) is 5.11 Å². The van der Waals surface area contributed by atoms with Gasteiger partial charge in [0.2, 0.25) is 0 Å². The van der Waals surface area contributed by atoms with E-state index in [0.29, 0.717) is 26.1 Å². The molecule has 0 aliphatic rings. The molecule has 0 aromatic carbocycles. The quantitative estimate of drug-likeness (QED) is 0.763. The number of furan rings is 1. The predicted octanol–water partition coefficient (Wildman–Crippen LogP) is 1.77. The summed E-state index contributed by atoms with van der Waals surface area (Å²) in [6, 6.07) is 5.86. The third kappa shape index (κ3) is 4.47. The minimum atomic E-state index is -0.339. The molecule has 0 radical (unpaired) electrons. The summed E-state index contributed by atoms with van der Waals surface area (Å²) in [5.74, 6) is 0.862. The number of hydrogen-bond acceptors (Lipinski definition) is 4. The molecule has 0 spiro atoms. The van der Waals surface area contributed by atoms with Gasteiger partial charge in [0, 0.05) is 19.5 Å². The van der Waals surface area contributed by atoms with Crippen molar-refractivity contribution < 1.29 is 9.52 Å². The molecule has 1 aromatic heterocycles. The van der Waals surface area contributed by atoms with Gasteiger partial charge in [0.15, 0.2) is 0 Å². The molecule has 1 heterocycles. The van der Waals surface area contributed by atoms with Crippen molar-refractivity contribution in [3.8, 4) is 6.07 Å². The van der Waals surface area contributed by atoms with Crippen LogP contribution in [0.25, 0.3) is 0 Å². The molecular weight excluding hydrogens is 204 g/mol. The Balaban J connectivity index is 2.46. The highest BCUT2D eigenvalue weighted by Crippen LogP contribution is 2.07. The van der Waals surface area contributed by atoms with Crippen LogP contribution in [-0.4, -0.2) is 29.2 Å². The van der Waals surface area contributed by atoms with Crippen molar-refractivity contribution in [1.29, 1.82) is 5.26 Å². The van der Waals surface area contributed by atoms with Gasteiger partial charge in [0.05, 0.1) is 25.0 Å². The van der Waals surface area contributed by atoms with Crippen LogP contribution in [0.15, 0.2) is 22.8 Å². The monoisotopic (exact) mass is 222 g/mol. The lowest BCUT2D eigenvalue weighted by atomic mass is 10.2. The number of rotatable bonds is 7. The van der Waals surface area contributed by atoms with E-state index in [2.05, 4.69) is 6.07 Å². The minimum absolute atomic E-state index is 0.339. The Morgan fingerprint density at radius 2 is 2.44 bits per heavy atom. The lowest BCUT2D eigenvalue weighted by molar-refractivity contribution is 0.103. The van der Waals surface area contributed by atoms with Crippen LogP contribution in [0, 0.1) is 11.3 Å². The summed E-state index contributed by atoms with van der Waals surface area (Å²) in [4.78, 5) is 2.04. The zero-order chi connectivity index (χ0) is 11.8. The van der Waals surface area contributed by atoms with Gasteiger partial charge in [0.25, 0.3) is 0 Å². The molecule has 0 aliphatic carbocycles. The van der Waals surface area contributed by atoms with Crippen LogP contribution in [0.2, 0.25) is 0 Å². The predicted molar refractivity (Wildman–Crippen MR) is 60.5 cm³/mol. The second kappa shape index (κ2) is 7.04. The van der Waals surface area contributed by atoms with Crippen molar-refractivity contribution in [2.45, 2.75) is 32.4 Å². The second-order valence-corrected chi connectivity index (χ2v) is 3.78. The van der Waals surface area contributed by atoms with Crippen molar-refractivity contribution in [3.63, 3.8) is 0 Å². The number of aliphatic hydroxyl groups excluding tert-OH is 1. The van der Waals surface area contributed by atoms with Gasteiger partial charge < -0.3 is 9.52 Å². The van der Waals surface area contributed by atoms with Gasteiger partial charge in [-0.05, 0) is 18.6 Å². The normalized spacial score (nSPS) is 12.6. The summed E-state index contributed by atoms with van der Waals surface area (Å²) in [5.41, 5.74) is 0. The molecule has 16 heavy (non-hydrogen) atoms. The van der Waals surface area contributed by atoms with Crippen LogP contribution in [0.3, 0.4) is 0 Å². The molecule has 0 bridgehead atoms. The van der Waals surface area contributed by atoms with Crippen LogP contribution in [0.1, 0.15) is 25.5 Å². The molecule has 0 saturated carbocycles. The molecule has 0 unspecified atom stereocenters. The summed E-state index contributed by atoms with van der Waals surface area (Å²) in [5, 5.41) is 18.2. The Kier molecular flexibility index (Phi) is 5.62. The number of aliphatic hydroxyl groups is 1. The average molecular weight is 222 g/mol. The zero-order valence-electron chi connectivity index (χ0n) is 9.59. The first-order valence-electron chi connectivity index (χ1n) is 5.56. The van der Waals surface area contributed by atoms with E-state index in [0.717, 1.165) is 12.2 Å². The largest absolute Gasteiger partial charge is 0.468 e. The fraction of sp³-hybridized carbons (Fsp3) is 0.583. The first-order chi connectivity index (χ1) is 7.76. The molecule has 1 rings (SSSR count). The van der Waals surface area contributed by atoms with Gasteiger partial charge in [0.1, 0.15) is 5.76 Å². The summed E-state index contributed by atoms with van der Waals surface area (Å²) in [6.07, 6.45) is 2.49. The molecular formula is C12H18N2O2. The first-order valence-corrected chi connectivity index (χ1v) is 5.56. The summed E-state index contributed by atoms with van der Waals surface area (Å²) in [6.45, 7) is 3.83. The van der Waals surface area contributed by atoms with Crippen LogP contribution in [0.5, 0.6) is 0 Å². The van der Waals surface area contributed by atoms with E-state index in [1.165, 1.54) is 0 Å². The lowest BCUT2D eigenvalue weighted by Crippen LogP contribution is -2.32. The smallest absolute Gasteiger partial charge is 0.117 e. The molecule has 4 nitrogen and oxygen atoms in total. The maximum absolute atomic E-state index is 9.60. The van der Waals surface area contributed by atoms with Gasteiger partial charge in [-0.15, -0.1) is 0 Å². The number of nitrogens with zero attached hydrogens (tertiary/aromatic N) is 2. The van der Waals surface area contributed by atoms with E-state index in [1.54, 1.807) is 6.26 Å². The van der Waals surface area contributed by atoms with E-state index < -0.39 is 0 Å². The Morgan fingerprint density at radius 3 is 3.00 bits per heavy atom. The third-order valence-electron chi connectivity index (χ3n) is 2.44. The summed E-state index contributed by atoms with van der Waals surface area (Å²) < 4.78 is 5.25. The Labute approximate surface area is 96.1 Å². The van der Waals surface area contributed by atoms with Gasteiger partial charge >= 0.3 is 0 Å². The van der Waals surface area contributed by atoms with Gasteiger partial charge in [-0.25, -0.2) is 0 Å². The maximum Gasteiger partial charge on any atom is 0.117 e. The van der Waals surface area contributed by atoms with Crippen molar-refractivity contribution in [1.82, 2.24) is 4.90 Å². The van der Waals surface area contributed by atoms with Gasteiger partial charge in [-0.2, -0.15) is 5.26 Å². The zero-order valence-corrected chi connectivity index (χ0v) is 9.59. The molecule has 0 amide bonds. The van der Waals surface area contributed by atoms with Crippen LogP contribution in [-0.2, 0) is 6.54 Å². The van der Waals surface area contributed by atoms with Crippen molar-refractivity contribution in [2.24, 2.45) is 0 Å². The van der Waals surface area contributed by atoms with Gasteiger partial charge in [-0.3, -0.25) is 4.90 Å². The average Bonchev–Trinajstić information content (AvgIpc) is 2.78. The van der Waals surface area contributed by atoms with Crippen molar-refractivity contribution in [2.75, 3.05) is 13.1 Å². The Morgan fingerprint density at radius 1 is 1.62 bits per heavy atom. The fourth-order valence-corrected chi connectivity index (χ4v) is 1.49. The molecule has 1 N–H and O–H groups in total. The third-order valence-corrected chi connectivity index (χ3v) is 2.44. The van der Waals surface area contributed by atoms with Crippen LogP contribution >= 0.6 is 0 Å². The highest BCUT2D eigenvalue weighted by atomic mass is 16.3. The molecule has 4 heteroatoms. The SMILES string of the molecule is CC[C@@H](O)CN(CCC#N)Cc1ccco1. The highest BCUT2D eigenvalue weighted by molar-refractivity contribution is 4.98. The van der Waals surface area contributed by atoms with E-state index in [-0.39, 0.29) is 6.10 Å². The first kappa shape index (κ1) is 12.8. The Bertz CT molecular complexity index is 316. The van der Waals surface area contributed by atoms with Crippen molar-refractivity contribution in [3.05, 3.63) is 24.2 Å². The molecule has 1 atom stereocenters. The van der Waals surface area contributed by atoms with Crippen LogP contribution in [0.4, 0.5) is 0 Å². The summed E-state index contributed by atoms with van der Waals surface area (Å²) >= 11 is 0. The summed E-state index contributed by atoms with van der Waals surface area (Å²) in [7, 11) is 0. The molecule has 88 valence electrons. The number of nitriles is 1. The van der Waals surface area contributed by atoms with Crippen LogP contribution < -0.4 is 0 Å². The fourth-order valence-electron chi connectivity index (χ4n) is 1.49. The second-order valence-electron chi connectivity index (χ2n) is 3.78. The molecule has 0 aliphatic heterocycles. The molecule has 0 saturated heterocycles. The highest BCUT2D eigenvalue weighted by Gasteiger charge is 2.11. The van der Waals surface area contributed by atoms with E-state index in [1.807, 2.05) is 24.0 Å². The standard InChI is InChI=1S/C12H18N2O2/c1-2-11(15)9-14(7-4-6-13)10-12-5-3-8-16-12/h3,5,8,11,15H,2,4,7,9-10H2,1H3/t11-/m1/s1. The molecule has 0 fully saturated rings. The lowest BCUT2D eigenvalue weighted by Gasteiger charge is -2.22. The minimum Gasteiger partial charge on any atom is -0.468 e. The topological polar surface area (TPSA) is 60.4 Å². The van der Waals surface area contributed by atoms with Gasteiger partial charge in [-0.1, -0.05) is 6.92 Å². The maximum atomic E-state index is 9.60.